The van der Waals surface area contributed by atoms with Crippen LogP contribution in [0.25, 0.3) is 0 Å². The number of urea groups is 1. The Morgan fingerprint density at radius 2 is 1.92 bits per heavy atom. The number of amides is 4. The number of carbonyl (C=O) groups excluding carboxylic acids is 3. The third kappa shape index (κ3) is 2.78. The lowest BCUT2D eigenvalue weighted by Gasteiger charge is -2.21. The number of carbonyl (C=O) groups is 3. The van der Waals surface area contributed by atoms with Gasteiger partial charge in [0.25, 0.3) is 11.8 Å². The Kier molecular flexibility index (Phi) is 4.11. The van der Waals surface area contributed by atoms with E-state index < -0.39 is 17.5 Å². The van der Waals surface area contributed by atoms with Gasteiger partial charge in [-0.2, -0.15) is 0 Å². The van der Waals surface area contributed by atoms with Gasteiger partial charge >= 0.3 is 6.03 Å². The second kappa shape index (κ2) is 6.09. The Labute approximate surface area is 143 Å². The van der Waals surface area contributed by atoms with Gasteiger partial charge in [0, 0.05) is 5.69 Å². The third-order valence-corrected chi connectivity index (χ3v) is 5.05. The standard InChI is InChI=1S/C17H17N3O3S/c1-3-10-8-9-24-13(10)14(21)18-12-6-4-11(5-7-12)17(2)15(22)19-16(23)20-17/h4-9H,3H2,1-2H3,(H,18,21)(H2,19,20,22,23). The summed E-state index contributed by atoms with van der Waals surface area (Å²) in [6, 6.07) is 8.31. The molecule has 0 radical (unpaired) electrons. The van der Waals surface area contributed by atoms with Crippen LogP contribution in [-0.2, 0) is 16.8 Å². The molecule has 0 bridgehead atoms. The first-order chi connectivity index (χ1) is 11.4. The molecular weight excluding hydrogens is 326 g/mol. The second-order valence-electron chi connectivity index (χ2n) is 5.69. The van der Waals surface area contributed by atoms with Crippen molar-refractivity contribution >= 4 is 34.9 Å². The lowest BCUT2D eigenvalue weighted by Crippen LogP contribution is -2.40. The predicted molar refractivity (Wildman–Crippen MR) is 92.1 cm³/mol. The summed E-state index contributed by atoms with van der Waals surface area (Å²) in [6.45, 7) is 3.65. The molecule has 124 valence electrons. The van der Waals surface area contributed by atoms with E-state index in [0.717, 1.165) is 12.0 Å². The van der Waals surface area contributed by atoms with Crippen molar-refractivity contribution in [3.05, 3.63) is 51.7 Å². The summed E-state index contributed by atoms with van der Waals surface area (Å²) < 4.78 is 0. The first-order valence-electron chi connectivity index (χ1n) is 7.56. The van der Waals surface area contributed by atoms with Gasteiger partial charge in [-0.3, -0.25) is 14.9 Å². The first kappa shape index (κ1) is 16.2. The van der Waals surface area contributed by atoms with Crippen molar-refractivity contribution in [3.8, 4) is 0 Å². The van der Waals surface area contributed by atoms with Gasteiger partial charge in [0.1, 0.15) is 5.54 Å². The molecule has 4 amide bonds. The minimum atomic E-state index is -1.09. The van der Waals surface area contributed by atoms with E-state index in [2.05, 4.69) is 16.0 Å². The Bertz CT molecular complexity index is 813. The number of hydrogen-bond donors (Lipinski definition) is 3. The Hall–Kier alpha value is -2.67. The highest BCUT2D eigenvalue weighted by Gasteiger charge is 2.43. The van der Waals surface area contributed by atoms with E-state index in [4.69, 9.17) is 0 Å². The fourth-order valence-electron chi connectivity index (χ4n) is 2.63. The molecule has 1 aromatic heterocycles. The van der Waals surface area contributed by atoms with Crippen LogP contribution in [0.5, 0.6) is 0 Å². The molecule has 24 heavy (non-hydrogen) atoms. The number of hydrogen-bond acceptors (Lipinski definition) is 4. The van der Waals surface area contributed by atoms with E-state index in [1.807, 2.05) is 18.4 Å². The summed E-state index contributed by atoms with van der Waals surface area (Å²) in [4.78, 5) is 36.3. The van der Waals surface area contributed by atoms with E-state index in [-0.39, 0.29) is 5.91 Å². The van der Waals surface area contributed by atoms with Crippen LogP contribution >= 0.6 is 11.3 Å². The molecule has 0 aliphatic carbocycles. The zero-order chi connectivity index (χ0) is 17.3. The molecule has 0 saturated carbocycles. The van der Waals surface area contributed by atoms with Crippen molar-refractivity contribution in [2.75, 3.05) is 5.32 Å². The smallest absolute Gasteiger partial charge is 0.321 e. The molecule has 1 aromatic carbocycles. The van der Waals surface area contributed by atoms with Crippen LogP contribution < -0.4 is 16.0 Å². The predicted octanol–water partition coefficient (Wildman–Crippen LogP) is 2.62. The monoisotopic (exact) mass is 343 g/mol. The van der Waals surface area contributed by atoms with Crippen LogP contribution in [0.15, 0.2) is 35.7 Å². The van der Waals surface area contributed by atoms with Crippen molar-refractivity contribution in [1.29, 1.82) is 0 Å². The number of rotatable bonds is 4. The van der Waals surface area contributed by atoms with Gasteiger partial charge < -0.3 is 10.6 Å². The lowest BCUT2D eigenvalue weighted by atomic mass is 9.92. The SMILES string of the molecule is CCc1ccsc1C(=O)Nc1ccc(C2(C)NC(=O)NC2=O)cc1. The molecule has 0 spiro atoms. The Morgan fingerprint density at radius 3 is 2.50 bits per heavy atom. The van der Waals surface area contributed by atoms with Gasteiger partial charge in [-0.15, -0.1) is 11.3 Å². The largest absolute Gasteiger partial charge is 0.322 e. The highest BCUT2D eigenvalue weighted by Crippen LogP contribution is 2.26. The lowest BCUT2D eigenvalue weighted by molar-refractivity contribution is -0.123. The van der Waals surface area contributed by atoms with Gasteiger partial charge in [0.2, 0.25) is 0 Å². The van der Waals surface area contributed by atoms with E-state index in [1.165, 1.54) is 11.3 Å². The maximum absolute atomic E-state index is 12.3. The minimum Gasteiger partial charge on any atom is -0.321 e. The number of anilines is 1. The van der Waals surface area contributed by atoms with Crippen LogP contribution in [0, 0.1) is 0 Å². The molecule has 3 N–H and O–H groups in total. The average Bonchev–Trinajstić information content (AvgIpc) is 3.13. The van der Waals surface area contributed by atoms with Crippen LogP contribution in [-0.4, -0.2) is 17.8 Å². The molecular formula is C17H17N3O3S. The molecule has 1 fully saturated rings. The minimum absolute atomic E-state index is 0.146. The maximum Gasteiger partial charge on any atom is 0.322 e. The van der Waals surface area contributed by atoms with E-state index in [1.54, 1.807) is 31.2 Å². The van der Waals surface area contributed by atoms with Gasteiger partial charge in [-0.05, 0) is 48.1 Å². The Balaban J connectivity index is 1.77. The van der Waals surface area contributed by atoms with Gasteiger partial charge in [0.15, 0.2) is 0 Å². The Morgan fingerprint density at radius 1 is 1.21 bits per heavy atom. The molecule has 1 atom stereocenters. The summed E-state index contributed by atoms with van der Waals surface area (Å²) >= 11 is 1.41. The third-order valence-electron chi connectivity index (χ3n) is 4.10. The van der Waals surface area contributed by atoms with Gasteiger partial charge in [-0.1, -0.05) is 19.1 Å². The normalized spacial score (nSPS) is 19.8. The van der Waals surface area contributed by atoms with Crippen molar-refractivity contribution in [2.24, 2.45) is 0 Å². The van der Waals surface area contributed by atoms with E-state index in [0.29, 0.717) is 16.1 Å². The zero-order valence-corrected chi connectivity index (χ0v) is 14.1. The number of imide groups is 1. The van der Waals surface area contributed by atoms with Crippen molar-refractivity contribution in [2.45, 2.75) is 25.8 Å². The summed E-state index contributed by atoms with van der Waals surface area (Å²) in [5.41, 5.74) is 1.21. The van der Waals surface area contributed by atoms with Crippen LogP contribution in [0.4, 0.5) is 10.5 Å². The summed E-state index contributed by atoms with van der Waals surface area (Å²) in [5.74, 6) is -0.539. The van der Waals surface area contributed by atoms with Crippen LogP contribution in [0.3, 0.4) is 0 Å². The molecule has 3 rings (SSSR count). The maximum atomic E-state index is 12.3. The zero-order valence-electron chi connectivity index (χ0n) is 13.3. The van der Waals surface area contributed by atoms with Crippen LogP contribution in [0.2, 0.25) is 0 Å². The molecule has 2 heterocycles. The quantitative estimate of drug-likeness (QED) is 0.746. The summed E-state index contributed by atoms with van der Waals surface area (Å²) in [5, 5.41) is 9.59. The van der Waals surface area contributed by atoms with E-state index in [9.17, 15) is 14.4 Å². The first-order valence-corrected chi connectivity index (χ1v) is 8.44. The fraction of sp³-hybridized carbons (Fsp3) is 0.235. The fourth-order valence-corrected chi connectivity index (χ4v) is 3.52. The molecule has 1 unspecified atom stereocenters. The average molecular weight is 343 g/mol. The number of thiophene rings is 1. The molecule has 1 saturated heterocycles. The number of aryl methyl sites for hydroxylation is 1. The summed E-state index contributed by atoms with van der Waals surface area (Å²) in [7, 11) is 0. The number of nitrogens with one attached hydrogen (secondary N) is 3. The highest BCUT2D eigenvalue weighted by atomic mass is 32.1. The summed E-state index contributed by atoms with van der Waals surface area (Å²) in [6.07, 6.45) is 0.804. The van der Waals surface area contributed by atoms with Crippen molar-refractivity contribution in [3.63, 3.8) is 0 Å². The molecule has 1 aliphatic rings. The van der Waals surface area contributed by atoms with Gasteiger partial charge in [0.05, 0.1) is 4.88 Å². The van der Waals surface area contributed by atoms with Gasteiger partial charge in [-0.25, -0.2) is 4.79 Å². The topological polar surface area (TPSA) is 87.3 Å². The van der Waals surface area contributed by atoms with Crippen LogP contribution in [0.1, 0.15) is 34.6 Å². The molecule has 2 aromatic rings. The highest BCUT2D eigenvalue weighted by molar-refractivity contribution is 7.12. The molecule has 7 heteroatoms. The number of benzene rings is 1. The van der Waals surface area contributed by atoms with Crippen molar-refractivity contribution < 1.29 is 14.4 Å². The molecule has 6 nitrogen and oxygen atoms in total. The van der Waals surface area contributed by atoms with E-state index >= 15 is 0 Å². The van der Waals surface area contributed by atoms with Crippen molar-refractivity contribution in [1.82, 2.24) is 10.6 Å². The second-order valence-corrected chi connectivity index (χ2v) is 6.61. The molecule has 1 aliphatic heterocycles.